The summed E-state index contributed by atoms with van der Waals surface area (Å²) < 4.78 is 5.36. The average Bonchev–Trinajstić information content (AvgIpc) is 2.52. The van der Waals surface area contributed by atoms with E-state index in [9.17, 15) is 9.59 Å². The molecule has 23 heavy (non-hydrogen) atoms. The van der Waals surface area contributed by atoms with E-state index in [0.29, 0.717) is 26.2 Å². The largest absolute Gasteiger partial charge is 0.444 e. The number of amides is 3. The lowest BCUT2D eigenvalue weighted by Crippen LogP contribution is -2.53. The second-order valence-corrected chi connectivity index (χ2v) is 7.27. The summed E-state index contributed by atoms with van der Waals surface area (Å²) in [6, 6.07) is -0.0769. The number of urea groups is 1. The normalized spacial score (nSPS) is 19.3. The van der Waals surface area contributed by atoms with E-state index < -0.39 is 5.60 Å². The smallest absolute Gasteiger partial charge is 0.410 e. The zero-order chi connectivity index (χ0) is 16.9. The first kappa shape index (κ1) is 17.6. The van der Waals surface area contributed by atoms with E-state index >= 15 is 0 Å². The molecule has 1 aliphatic heterocycles. The maximum absolute atomic E-state index is 12.2. The van der Waals surface area contributed by atoms with Crippen molar-refractivity contribution in [1.82, 2.24) is 15.1 Å². The molecule has 0 aromatic carbocycles. The lowest BCUT2D eigenvalue weighted by Gasteiger charge is -2.35. The summed E-state index contributed by atoms with van der Waals surface area (Å²) >= 11 is 0. The second-order valence-electron chi connectivity index (χ2n) is 7.27. The van der Waals surface area contributed by atoms with Crippen LogP contribution in [0, 0.1) is 0 Å². The monoisotopic (exact) mass is 323 g/mol. The van der Waals surface area contributed by atoms with Crippen molar-refractivity contribution >= 4 is 12.1 Å². The van der Waals surface area contributed by atoms with E-state index in [-0.39, 0.29) is 12.1 Å². The molecule has 2 fully saturated rings. The van der Waals surface area contributed by atoms with Gasteiger partial charge in [0.25, 0.3) is 0 Å². The van der Waals surface area contributed by atoms with Crippen LogP contribution in [-0.2, 0) is 4.74 Å². The van der Waals surface area contributed by atoms with Crippen molar-refractivity contribution in [2.45, 2.75) is 58.5 Å². The Morgan fingerprint density at radius 2 is 1.57 bits per heavy atom. The molecular weight excluding hydrogens is 294 g/mol. The maximum Gasteiger partial charge on any atom is 0.410 e. The van der Waals surface area contributed by atoms with E-state index in [1.807, 2.05) is 27.0 Å². The zero-order valence-corrected chi connectivity index (χ0v) is 14.6. The SMILES string of the molecule is CC(C)(C)OC(=O)N1CCN(C(=O)NC=C2CCCCC2)CC1. The van der Waals surface area contributed by atoms with Gasteiger partial charge in [0.2, 0.25) is 0 Å². The van der Waals surface area contributed by atoms with Gasteiger partial charge in [-0.1, -0.05) is 12.0 Å². The Labute approximate surface area is 138 Å². The van der Waals surface area contributed by atoms with Crippen LogP contribution in [0.15, 0.2) is 11.8 Å². The van der Waals surface area contributed by atoms with E-state index in [0.717, 1.165) is 12.8 Å². The van der Waals surface area contributed by atoms with Gasteiger partial charge in [0.1, 0.15) is 5.60 Å². The van der Waals surface area contributed by atoms with Gasteiger partial charge < -0.3 is 19.9 Å². The summed E-state index contributed by atoms with van der Waals surface area (Å²) in [7, 11) is 0. The summed E-state index contributed by atoms with van der Waals surface area (Å²) in [6.45, 7) is 7.66. The molecule has 0 atom stereocenters. The van der Waals surface area contributed by atoms with E-state index in [2.05, 4.69) is 5.32 Å². The lowest BCUT2D eigenvalue weighted by molar-refractivity contribution is 0.0171. The summed E-state index contributed by atoms with van der Waals surface area (Å²) in [5, 5.41) is 2.89. The third-order valence-corrected chi connectivity index (χ3v) is 4.11. The van der Waals surface area contributed by atoms with Crippen molar-refractivity contribution in [3.8, 4) is 0 Å². The van der Waals surface area contributed by atoms with Gasteiger partial charge in [-0.05, 0) is 46.5 Å². The predicted octanol–water partition coefficient (Wildman–Crippen LogP) is 3.10. The van der Waals surface area contributed by atoms with Crippen LogP contribution in [0.3, 0.4) is 0 Å². The van der Waals surface area contributed by atoms with Crippen molar-refractivity contribution in [3.63, 3.8) is 0 Å². The molecule has 130 valence electrons. The average molecular weight is 323 g/mol. The number of rotatable bonds is 1. The highest BCUT2D eigenvalue weighted by atomic mass is 16.6. The molecule has 0 unspecified atom stereocenters. The molecule has 6 nitrogen and oxygen atoms in total. The first-order valence-corrected chi connectivity index (χ1v) is 8.56. The number of allylic oxidation sites excluding steroid dienone is 1. The Hall–Kier alpha value is -1.72. The van der Waals surface area contributed by atoms with Crippen LogP contribution in [0.5, 0.6) is 0 Å². The van der Waals surface area contributed by atoms with Crippen LogP contribution < -0.4 is 5.32 Å². The fourth-order valence-corrected chi connectivity index (χ4v) is 2.82. The summed E-state index contributed by atoms with van der Waals surface area (Å²) in [6.07, 6.45) is 7.48. The molecule has 1 saturated heterocycles. The van der Waals surface area contributed by atoms with Gasteiger partial charge in [0.05, 0.1) is 0 Å². The molecule has 2 rings (SSSR count). The molecule has 0 radical (unpaired) electrons. The lowest BCUT2D eigenvalue weighted by atomic mass is 9.96. The number of nitrogens with zero attached hydrogens (tertiary/aromatic N) is 2. The molecule has 6 heteroatoms. The van der Waals surface area contributed by atoms with Crippen LogP contribution in [0.4, 0.5) is 9.59 Å². The Kier molecular flexibility index (Phi) is 5.91. The molecule has 0 bridgehead atoms. The van der Waals surface area contributed by atoms with E-state index in [1.165, 1.54) is 24.8 Å². The zero-order valence-electron chi connectivity index (χ0n) is 14.6. The van der Waals surface area contributed by atoms with Crippen molar-refractivity contribution in [2.24, 2.45) is 0 Å². The molecule has 3 amide bonds. The van der Waals surface area contributed by atoms with Crippen molar-refractivity contribution in [2.75, 3.05) is 26.2 Å². The molecule has 1 saturated carbocycles. The standard InChI is InChI=1S/C17H29N3O3/c1-17(2,3)23-16(22)20-11-9-19(10-12-20)15(21)18-13-14-7-5-4-6-8-14/h13H,4-12H2,1-3H3,(H,18,21). The van der Waals surface area contributed by atoms with Crippen LogP contribution >= 0.6 is 0 Å². The maximum atomic E-state index is 12.2. The van der Waals surface area contributed by atoms with Crippen molar-refractivity contribution < 1.29 is 14.3 Å². The van der Waals surface area contributed by atoms with E-state index in [4.69, 9.17) is 4.74 Å². The predicted molar refractivity (Wildman–Crippen MR) is 89.1 cm³/mol. The minimum atomic E-state index is -0.488. The summed E-state index contributed by atoms with van der Waals surface area (Å²) in [5.41, 5.74) is 0.842. The third-order valence-electron chi connectivity index (χ3n) is 4.11. The topological polar surface area (TPSA) is 61.9 Å². The fraction of sp³-hybridized carbons (Fsp3) is 0.765. The highest BCUT2D eigenvalue weighted by Crippen LogP contribution is 2.21. The highest BCUT2D eigenvalue weighted by molar-refractivity contribution is 5.76. The first-order chi connectivity index (χ1) is 10.8. The second kappa shape index (κ2) is 7.70. The Morgan fingerprint density at radius 3 is 2.13 bits per heavy atom. The number of hydrogen-bond donors (Lipinski definition) is 1. The van der Waals surface area contributed by atoms with Crippen molar-refractivity contribution in [3.05, 3.63) is 11.8 Å². The molecule has 1 aliphatic carbocycles. The van der Waals surface area contributed by atoms with Crippen LogP contribution in [-0.4, -0.2) is 53.7 Å². The van der Waals surface area contributed by atoms with Gasteiger partial charge >= 0.3 is 12.1 Å². The van der Waals surface area contributed by atoms with Crippen LogP contribution in [0.2, 0.25) is 0 Å². The van der Waals surface area contributed by atoms with Gasteiger partial charge in [-0.3, -0.25) is 0 Å². The van der Waals surface area contributed by atoms with Gasteiger partial charge in [-0.15, -0.1) is 0 Å². The number of hydrogen-bond acceptors (Lipinski definition) is 3. The van der Waals surface area contributed by atoms with Crippen LogP contribution in [0.1, 0.15) is 52.9 Å². The van der Waals surface area contributed by atoms with Gasteiger partial charge in [-0.25, -0.2) is 9.59 Å². The molecule has 0 spiro atoms. The Bertz CT molecular complexity index is 452. The number of carbonyl (C=O) groups excluding carboxylic acids is 2. The van der Waals surface area contributed by atoms with Crippen molar-refractivity contribution in [1.29, 1.82) is 0 Å². The number of nitrogens with one attached hydrogen (secondary N) is 1. The molecule has 0 aromatic rings. The van der Waals surface area contributed by atoms with Crippen LogP contribution in [0.25, 0.3) is 0 Å². The summed E-state index contributed by atoms with van der Waals surface area (Å²) in [4.78, 5) is 27.6. The molecule has 0 aromatic heterocycles. The quantitative estimate of drug-likeness (QED) is 0.806. The first-order valence-electron chi connectivity index (χ1n) is 8.56. The fourth-order valence-electron chi connectivity index (χ4n) is 2.82. The molecule has 2 aliphatic rings. The van der Waals surface area contributed by atoms with Gasteiger partial charge in [0.15, 0.2) is 0 Å². The summed E-state index contributed by atoms with van der Waals surface area (Å²) in [5.74, 6) is 0. The van der Waals surface area contributed by atoms with E-state index in [1.54, 1.807) is 9.80 Å². The Balaban J connectivity index is 1.75. The minimum absolute atomic E-state index is 0.0769. The number of piperazine rings is 1. The molecule has 1 heterocycles. The number of carbonyl (C=O) groups is 2. The van der Waals surface area contributed by atoms with Gasteiger partial charge in [-0.2, -0.15) is 0 Å². The number of ether oxygens (including phenoxy) is 1. The minimum Gasteiger partial charge on any atom is -0.444 e. The molecule has 1 N–H and O–H groups in total. The highest BCUT2D eigenvalue weighted by Gasteiger charge is 2.27. The molecular formula is C17H29N3O3. The Morgan fingerprint density at radius 1 is 1.00 bits per heavy atom. The van der Waals surface area contributed by atoms with Gasteiger partial charge in [0, 0.05) is 32.4 Å². The third kappa shape index (κ3) is 5.77.